The number of amides is 1. The molecule has 1 amide bonds. The number of nitrogens with zero attached hydrogens (tertiary/aromatic N) is 1. The van der Waals surface area contributed by atoms with E-state index in [2.05, 4.69) is 21.2 Å². The largest absolute Gasteiger partial charge is 0.508 e. The molecule has 2 rings (SSSR count). The van der Waals surface area contributed by atoms with Gasteiger partial charge in [-0.3, -0.25) is 9.59 Å². The first-order chi connectivity index (χ1) is 10.9. The van der Waals surface area contributed by atoms with Gasteiger partial charge in [0.1, 0.15) is 12.3 Å². The van der Waals surface area contributed by atoms with E-state index in [1.165, 1.54) is 10.6 Å². The van der Waals surface area contributed by atoms with Gasteiger partial charge in [0.05, 0.1) is 0 Å². The Morgan fingerprint density at radius 3 is 2.74 bits per heavy atom. The summed E-state index contributed by atoms with van der Waals surface area (Å²) in [4.78, 5) is 23.7. The summed E-state index contributed by atoms with van der Waals surface area (Å²) in [6, 6.07) is 8.12. The predicted octanol–water partition coefficient (Wildman–Crippen LogP) is 2.64. The van der Waals surface area contributed by atoms with Crippen molar-refractivity contribution in [2.24, 2.45) is 0 Å². The summed E-state index contributed by atoms with van der Waals surface area (Å²) in [5.41, 5.74) is 1.06. The van der Waals surface area contributed by atoms with Crippen molar-refractivity contribution >= 4 is 33.4 Å². The molecule has 1 aromatic heterocycles. The molecule has 0 spiro atoms. The molecule has 7 heteroatoms. The lowest BCUT2D eigenvalue weighted by Gasteiger charge is -2.11. The highest BCUT2D eigenvalue weighted by Gasteiger charge is 2.08. The van der Waals surface area contributed by atoms with Gasteiger partial charge >= 0.3 is 0 Å². The average Bonchev–Trinajstić information content (AvgIpc) is 2.45. The number of pyridine rings is 1. The van der Waals surface area contributed by atoms with E-state index in [4.69, 9.17) is 11.6 Å². The topological polar surface area (TPSA) is 71.3 Å². The van der Waals surface area contributed by atoms with E-state index < -0.39 is 5.56 Å². The van der Waals surface area contributed by atoms with Gasteiger partial charge in [0.2, 0.25) is 5.91 Å². The van der Waals surface area contributed by atoms with Crippen LogP contribution in [0.15, 0.2) is 39.6 Å². The van der Waals surface area contributed by atoms with Crippen LogP contribution in [0.1, 0.15) is 11.3 Å². The van der Waals surface area contributed by atoms with E-state index in [0.717, 1.165) is 16.1 Å². The molecule has 23 heavy (non-hydrogen) atoms. The van der Waals surface area contributed by atoms with Crippen molar-refractivity contribution in [3.63, 3.8) is 0 Å². The second-order valence-electron chi connectivity index (χ2n) is 5.11. The fourth-order valence-corrected chi connectivity index (χ4v) is 2.94. The lowest BCUT2D eigenvalue weighted by molar-refractivity contribution is -0.121. The molecule has 122 valence electrons. The van der Waals surface area contributed by atoms with Crippen molar-refractivity contribution in [1.29, 1.82) is 0 Å². The average molecular weight is 400 g/mol. The van der Waals surface area contributed by atoms with Gasteiger partial charge in [0, 0.05) is 27.8 Å². The first kappa shape index (κ1) is 17.6. The summed E-state index contributed by atoms with van der Waals surface area (Å²) in [6.07, 6.45) is 0.599. The van der Waals surface area contributed by atoms with Gasteiger partial charge in [-0.25, -0.2) is 0 Å². The van der Waals surface area contributed by atoms with Crippen molar-refractivity contribution in [2.45, 2.75) is 19.9 Å². The second-order valence-corrected chi connectivity index (χ2v) is 6.44. The molecule has 0 atom stereocenters. The van der Waals surface area contributed by atoms with Crippen LogP contribution < -0.4 is 10.9 Å². The summed E-state index contributed by atoms with van der Waals surface area (Å²) in [5.74, 6) is -0.372. The normalized spacial score (nSPS) is 10.6. The number of halogens is 2. The third-order valence-corrected chi connectivity index (χ3v) is 4.20. The Balaban J connectivity index is 1.92. The Kier molecular flexibility index (Phi) is 5.85. The Labute approximate surface area is 147 Å². The molecule has 0 aliphatic heterocycles. The maximum Gasteiger partial charge on any atom is 0.254 e. The van der Waals surface area contributed by atoms with Crippen LogP contribution in [0.3, 0.4) is 0 Å². The Morgan fingerprint density at radius 2 is 2.09 bits per heavy atom. The molecular weight excluding hydrogens is 384 g/mol. The number of aromatic hydroxyl groups is 1. The minimum atomic E-state index is -0.409. The molecule has 0 unspecified atom stereocenters. The molecule has 1 heterocycles. The van der Waals surface area contributed by atoms with Gasteiger partial charge in [0.15, 0.2) is 0 Å². The molecule has 2 N–H and O–H groups in total. The van der Waals surface area contributed by atoms with E-state index in [-0.39, 0.29) is 18.2 Å². The highest BCUT2D eigenvalue weighted by Crippen LogP contribution is 2.21. The van der Waals surface area contributed by atoms with Gasteiger partial charge in [-0.15, -0.1) is 0 Å². The summed E-state index contributed by atoms with van der Waals surface area (Å²) in [5, 5.41) is 12.7. The fourth-order valence-electron chi connectivity index (χ4n) is 2.17. The van der Waals surface area contributed by atoms with Gasteiger partial charge in [0.25, 0.3) is 5.56 Å². The maximum atomic E-state index is 12.0. The summed E-state index contributed by atoms with van der Waals surface area (Å²) >= 11 is 9.46. The zero-order chi connectivity index (χ0) is 17.0. The number of hydrogen-bond acceptors (Lipinski definition) is 3. The lowest BCUT2D eigenvalue weighted by Crippen LogP contribution is -2.34. The van der Waals surface area contributed by atoms with Crippen molar-refractivity contribution < 1.29 is 9.90 Å². The van der Waals surface area contributed by atoms with Crippen molar-refractivity contribution in [3.8, 4) is 5.75 Å². The summed E-state index contributed by atoms with van der Waals surface area (Å²) in [6.45, 7) is 2.00. The highest BCUT2D eigenvalue weighted by molar-refractivity contribution is 9.10. The number of aryl methyl sites for hydroxylation is 1. The molecule has 0 fully saturated rings. The standard InChI is InChI=1S/C16H16BrClN2O3/c1-10-6-13(21)8-16(23)20(10)9-15(22)19-5-4-11-2-3-12(17)7-14(11)18/h2-3,6-8,21H,4-5,9H2,1H3,(H,19,22). The lowest BCUT2D eigenvalue weighted by atomic mass is 10.1. The van der Waals surface area contributed by atoms with Crippen LogP contribution in [0.4, 0.5) is 0 Å². The van der Waals surface area contributed by atoms with Crippen LogP contribution in [0.2, 0.25) is 5.02 Å². The molecule has 0 radical (unpaired) electrons. The van der Waals surface area contributed by atoms with Crippen LogP contribution in [0, 0.1) is 6.92 Å². The highest BCUT2D eigenvalue weighted by atomic mass is 79.9. The molecule has 1 aromatic carbocycles. The second kappa shape index (κ2) is 7.66. The Bertz CT molecular complexity index is 789. The molecule has 2 aromatic rings. The number of nitrogens with one attached hydrogen (secondary N) is 1. The Morgan fingerprint density at radius 1 is 1.35 bits per heavy atom. The molecule has 0 bridgehead atoms. The van der Waals surface area contributed by atoms with Crippen LogP contribution in [0.25, 0.3) is 0 Å². The molecule has 5 nitrogen and oxygen atoms in total. The van der Waals surface area contributed by atoms with E-state index in [0.29, 0.717) is 23.7 Å². The number of aromatic nitrogens is 1. The number of carbonyl (C=O) groups is 1. The van der Waals surface area contributed by atoms with Gasteiger partial charge < -0.3 is 15.0 Å². The Hall–Kier alpha value is -1.79. The monoisotopic (exact) mass is 398 g/mol. The maximum absolute atomic E-state index is 12.0. The van der Waals surface area contributed by atoms with Crippen molar-refractivity contribution in [1.82, 2.24) is 9.88 Å². The number of hydrogen-bond donors (Lipinski definition) is 2. The fraction of sp³-hybridized carbons (Fsp3) is 0.250. The zero-order valence-corrected chi connectivity index (χ0v) is 14.8. The smallest absolute Gasteiger partial charge is 0.254 e. The molecule has 0 saturated carbocycles. The van der Waals surface area contributed by atoms with Crippen molar-refractivity contribution in [2.75, 3.05) is 6.54 Å². The third-order valence-electron chi connectivity index (χ3n) is 3.35. The summed E-state index contributed by atoms with van der Waals surface area (Å²) in [7, 11) is 0. The zero-order valence-electron chi connectivity index (χ0n) is 12.5. The predicted molar refractivity (Wildman–Crippen MR) is 93.0 cm³/mol. The van der Waals surface area contributed by atoms with Gasteiger partial charge in [-0.05, 0) is 37.1 Å². The number of rotatable bonds is 5. The van der Waals surface area contributed by atoms with Crippen LogP contribution in [-0.2, 0) is 17.8 Å². The van der Waals surface area contributed by atoms with Gasteiger partial charge in [-0.1, -0.05) is 33.6 Å². The molecule has 0 saturated heterocycles. The minimum Gasteiger partial charge on any atom is -0.508 e. The quantitative estimate of drug-likeness (QED) is 0.812. The van der Waals surface area contributed by atoms with Crippen LogP contribution in [0.5, 0.6) is 5.75 Å². The SMILES string of the molecule is Cc1cc(O)cc(=O)n1CC(=O)NCCc1ccc(Br)cc1Cl. The first-order valence-corrected chi connectivity index (χ1v) is 8.15. The third kappa shape index (κ3) is 4.84. The van der Waals surface area contributed by atoms with E-state index in [1.807, 2.05) is 12.1 Å². The first-order valence-electron chi connectivity index (χ1n) is 6.98. The van der Waals surface area contributed by atoms with Gasteiger partial charge in [-0.2, -0.15) is 0 Å². The summed E-state index contributed by atoms with van der Waals surface area (Å²) < 4.78 is 2.21. The molecular formula is C16H16BrClN2O3. The molecule has 0 aliphatic rings. The number of benzene rings is 1. The number of carbonyl (C=O) groups excluding carboxylic acids is 1. The van der Waals surface area contributed by atoms with Crippen molar-refractivity contribution in [3.05, 3.63) is 61.4 Å². The minimum absolute atomic E-state index is 0.0843. The van der Waals surface area contributed by atoms with Crippen LogP contribution in [-0.4, -0.2) is 22.1 Å². The van der Waals surface area contributed by atoms with E-state index >= 15 is 0 Å². The van der Waals surface area contributed by atoms with Crippen LogP contribution >= 0.6 is 27.5 Å². The van der Waals surface area contributed by atoms with E-state index in [1.54, 1.807) is 13.0 Å². The van der Waals surface area contributed by atoms with E-state index in [9.17, 15) is 14.7 Å². The molecule has 0 aliphatic carbocycles.